The second-order valence-corrected chi connectivity index (χ2v) is 11.0. The predicted molar refractivity (Wildman–Crippen MR) is 137 cm³/mol. The molecule has 2 aliphatic rings. The van der Waals surface area contributed by atoms with Crippen LogP contribution in [0.4, 0.5) is 0 Å². The van der Waals surface area contributed by atoms with Gasteiger partial charge in [0.05, 0.1) is 0 Å². The van der Waals surface area contributed by atoms with Crippen LogP contribution in [0.25, 0.3) is 5.78 Å². The number of aromatic nitrogens is 4. The highest BCUT2D eigenvalue weighted by Gasteiger charge is 2.51. The van der Waals surface area contributed by atoms with Crippen LogP contribution < -0.4 is 0 Å². The monoisotopic (exact) mass is 488 g/mol. The van der Waals surface area contributed by atoms with E-state index in [9.17, 15) is 9.59 Å². The fourth-order valence-corrected chi connectivity index (χ4v) is 6.02. The summed E-state index contributed by atoms with van der Waals surface area (Å²) in [5.74, 6) is 0.307. The number of carbonyl (C=O) groups excluding carboxylic acids is 2. The summed E-state index contributed by atoms with van der Waals surface area (Å²) in [6, 6.07) is 10.6. The minimum Gasteiger partial charge on any atom is -0.458 e. The van der Waals surface area contributed by atoms with Crippen molar-refractivity contribution in [3.8, 4) is 0 Å². The zero-order valence-corrected chi connectivity index (χ0v) is 21.8. The maximum atomic E-state index is 13.5. The van der Waals surface area contributed by atoms with Crippen LogP contribution in [0.15, 0.2) is 30.3 Å². The minimum atomic E-state index is -0.859. The number of cyclic esters (lactones) is 1. The third-order valence-corrected chi connectivity index (χ3v) is 8.05. The number of ether oxygens (including phenoxy) is 1. The molecule has 7 heteroatoms. The lowest BCUT2D eigenvalue weighted by molar-refractivity contribution is -0.185. The molecule has 1 saturated carbocycles. The van der Waals surface area contributed by atoms with E-state index >= 15 is 0 Å². The lowest BCUT2D eigenvalue weighted by Crippen LogP contribution is -2.52. The molecule has 0 spiro atoms. The summed E-state index contributed by atoms with van der Waals surface area (Å²) in [5, 5.41) is 4.51. The molecule has 0 radical (unpaired) electrons. The molecule has 2 aromatic heterocycles. The Morgan fingerprint density at radius 3 is 2.61 bits per heavy atom. The zero-order chi connectivity index (χ0) is 25.4. The van der Waals surface area contributed by atoms with E-state index in [0.29, 0.717) is 23.9 Å². The Hall–Kier alpha value is -3.09. The smallest absolute Gasteiger partial charge is 0.317 e. The van der Waals surface area contributed by atoms with Crippen molar-refractivity contribution < 1.29 is 14.3 Å². The fourth-order valence-electron chi connectivity index (χ4n) is 6.02. The highest BCUT2D eigenvalue weighted by Crippen LogP contribution is 2.45. The molecule has 5 rings (SSSR count). The summed E-state index contributed by atoms with van der Waals surface area (Å²) in [7, 11) is 0. The second-order valence-electron chi connectivity index (χ2n) is 11.0. The van der Waals surface area contributed by atoms with Gasteiger partial charge < -0.3 is 4.74 Å². The molecule has 3 heterocycles. The van der Waals surface area contributed by atoms with Gasteiger partial charge in [-0.2, -0.15) is 4.98 Å². The molecule has 2 unspecified atom stereocenters. The first-order chi connectivity index (χ1) is 17.2. The average molecular weight is 489 g/mol. The quantitative estimate of drug-likeness (QED) is 0.340. The number of carbonyl (C=O) groups is 2. The summed E-state index contributed by atoms with van der Waals surface area (Å²) in [6.45, 7) is 8.23. The van der Waals surface area contributed by atoms with E-state index in [0.717, 1.165) is 43.5 Å². The molecule has 7 nitrogen and oxygen atoms in total. The number of aryl methyl sites for hydroxylation is 3. The first-order valence-corrected chi connectivity index (χ1v) is 13.3. The van der Waals surface area contributed by atoms with Crippen LogP contribution in [0, 0.1) is 25.7 Å². The van der Waals surface area contributed by atoms with Crippen molar-refractivity contribution in [2.45, 2.75) is 90.6 Å². The van der Waals surface area contributed by atoms with Gasteiger partial charge in [-0.3, -0.25) is 9.59 Å². The molecule has 0 bridgehead atoms. The van der Waals surface area contributed by atoms with Crippen molar-refractivity contribution in [3.63, 3.8) is 0 Å². The molecule has 0 N–H and O–H groups in total. The van der Waals surface area contributed by atoms with Crippen LogP contribution in [-0.4, -0.2) is 36.9 Å². The minimum absolute atomic E-state index is 0.0474. The molecule has 3 aromatic rings. The predicted octanol–water partition coefficient (Wildman–Crippen LogP) is 5.10. The maximum absolute atomic E-state index is 13.5. The molecule has 2 fully saturated rings. The Kier molecular flexibility index (Phi) is 6.66. The molecule has 1 aliphatic carbocycles. The van der Waals surface area contributed by atoms with E-state index in [2.05, 4.69) is 53.2 Å². The average Bonchev–Trinajstić information content (AvgIpc) is 3.51. The van der Waals surface area contributed by atoms with Gasteiger partial charge in [-0.15, -0.1) is 5.10 Å². The van der Waals surface area contributed by atoms with E-state index in [-0.39, 0.29) is 24.5 Å². The highest BCUT2D eigenvalue weighted by atomic mass is 16.6. The molecule has 190 valence electrons. The third-order valence-electron chi connectivity index (χ3n) is 8.05. The second kappa shape index (κ2) is 9.75. The summed E-state index contributed by atoms with van der Waals surface area (Å²) >= 11 is 0. The molecule has 36 heavy (non-hydrogen) atoms. The Labute approximate surface area is 212 Å². The van der Waals surface area contributed by atoms with Gasteiger partial charge in [0.2, 0.25) is 0 Å². The van der Waals surface area contributed by atoms with Crippen molar-refractivity contribution in [1.29, 1.82) is 0 Å². The van der Waals surface area contributed by atoms with Gasteiger partial charge in [0.25, 0.3) is 5.78 Å². The highest BCUT2D eigenvalue weighted by molar-refractivity contribution is 6.01. The van der Waals surface area contributed by atoms with Gasteiger partial charge in [-0.1, -0.05) is 51.0 Å². The number of ketones is 1. The Bertz CT molecular complexity index is 1270. The summed E-state index contributed by atoms with van der Waals surface area (Å²) < 4.78 is 7.95. The number of hydrogen-bond acceptors (Lipinski definition) is 6. The molecular formula is C29H36N4O3. The van der Waals surface area contributed by atoms with Gasteiger partial charge in [-0.05, 0) is 68.6 Å². The molecular weight excluding hydrogens is 452 g/mol. The molecule has 2 atom stereocenters. The lowest BCUT2D eigenvalue weighted by atomic mass is 9.73. The van der Waals surface area contributed by atoms with E-state index < -0.39 is 17.5 Å². The number of rotatable bonds is 7. The van der Waals surface area contributed by atoms with Crippen LogP contribution in [0.2, 0.25) is 0 Å². The number of fused-ring (bicyclic) bond motifs is 1. The molecule has 1 aliphatic heterocycles. The van der Waals surface area contributed by atoms with Crippen LogP contribution in [-0.2, 0) is 27.2 Å². The van der Waals surface area contributed by atoms with Crippen molar-refractivity contribution >= 4 is 17.5 Å². The van der Waals surface area contributed by atoms with Crippen molar-refractivity contribution in [2.75, 3.05) is 0 Å². The van der Waals surface area contributed by atoms with Gasteiger partial charge in [0.1, 0.15) is 11.5 Å². The normalized spacial score (nSPS) is 23.1. The van der Waals surface area contributed by atoms with E-state index in [1.807, 2.05) is 19.9 Å². The molecule has 1 saturated heterocycles. The SMILES string of the molecule is Cc1cc(C)n2nc(CC3C(=O)CC(CCc4cccc(C(C)C)c4)(C4CCCC4)OC3=O)nc2n1. The number of nitrogens with zero attached hydrogens (tertiary/aromatic N) is 4. The van der Waals surface area contributed by atoms with Crippen LogP contribution in [0.1, 0.15) is 86.6 Å². The van der Waals surface area contributed by atoms with E-state index in [4.69, 9.17) is 4.74 Å². The fraction of sp³-hybridized carbons (Fsp3) is 0.552. The van der Waals surface area contributed by atoms with Gasteiger partial charge >= 0.3 is 5.97 Å². The molecule has 0 amide bonds. The first-order valence-electron chi connectivity index (χ1n) is 13.3. The van der Waals surface area contributed by atoms with Gasteiger partial charge in [-0.25, -0.2) is 9.50 Å². The maximum Gasteiger partial charge on any atom is 0.317 e. The number of benzene rings is 1. The van der Waals surface area contributed by atoms with Gasteiger partial charge in [0, 0.05) is 24.2 Å². The summed E-state index contributed by atoms with van der Waals surface area (Å²) in [4.78, 5) is 35.8. The van der Waals surface area contributed by atoms with Crippen LogP contribution in [0.5, 0.6) is 0 Å². The number of hydrogen-bond donors (Lipinski definition) is 0. The van der Waals surface area contributed by atoms with Crippen molar-refractivity contribution in [2.24, 2.45) is 11.8 Å². The standard InChI is InChI=1S/C29H36N4O3/c1-18(2)22-9-7-8-21(15-22)12-13-29(23-10-5-6-11-23)17-25(34)24(27(35)36-29)16-26-31-28-30-19(3)14-20(4)33(28)32-26/h7-9,14-15,18,23-24H,5-6,10-13,16-17H2,1-4H3. The van der Waals surface area contributed by atoms with E-state index in [1.165, 1.54) is 11.1 Å². The third kappa shape index (κ3) is 4.80. The topological polar surface area (TPSA) is 86.5 Å². The van der Waals surface area contributed by atoms with Crippen LogP contribution in [0.3, 0.4) is 0 Å². The largest absolute Gasteiger partial charge is 0.458 e. The number of esters is 1. The lowest BCUT2D eigenvalue weighted by Gasteiger charge is -2.43. The summed E-state index contributed by atoms with van der Waals surface area (Å²) in [5.41, 5.74) is 3.59. The van der Waals surface area contributed by atoms with Gasteiger partial charge in [0.15, 0.2) is 11.6 Å². The number of Topliss-reactive ketones (excluding diaryl/α,β-unsaturated/α-hetero) is 1. The zero-order valence-electron chi connectivity index (χ0n) is 21.8. The van der Waals surface area contributed by atoms with Crippen molar-refractivity contribution in [3.05, 3.63) is 58.7 Å². The van der Waals surface area contributed by atoms with Crippen molar-refractivity contribution in [1.82, 2.24) is 19.6 Å². The Morgan fingerprint density at radius 2 is 1.89 bits per heavy atom. The van der Waals surface area contributed by atoms with Crippen LogP contribution >= 0.6 is 0 Å². The first kappa shape index (κ1) is 24.6. The van der Waals surface area contributed by atoms with E-state index in [1.54, 1.807) is 4.52 Å². The molecule has 1 aromatic carbocycles. The Balaban J connectivity index is 1.35. The summed E-state index contributed by atoms with van der Waals surface area (Å²) in [6.07, 6.45) is 6.17. The Morgan fingerprint density at radius 1 is 1.11 bits per heavy atom.